The summed E-state index contributed by atoms with van der Waals surface area (Å²) in [6, 6.07) is 17.1. The van der Waals surface area contributed by atoms with Gasteiger partial charge in [-0.3, -0.25) is 9.67 Å². The van der Waals surface area contributed by atoms with Gasteiger partial charge in [0.1, 0.15) is 6.07 Å². The van der Waals surface area contributed by atoms with Crippen LogP contribution in [-0.4, -0.2) is 14.8 Å². The summed E-state index contributed by atoms with van der Waals surface area (Å²) < 4.78 is 1.71. The maximum absolute atomic E-state index is 9.54. The predicted molar refractivity (Wildman–Crippen MR) is 101 cm³/mol. The van der Waals surface area contributed by atoms with Gasteiger partial charge in [0.15, 0.2) is 0 Å². The quantitative estimate of drug-likeness (QED) is 0.625. The first-order valence-corrected chi connectivity index (χ1v) is 8.32. The summed E-state index contributed by atoms with van der Waals surface area (Å²) in [5, 5.41) is 23.5. The van der Waals surface area contributed by atoms with Gasteiger partial charge in [-0.05, 0) is 30.3 Å². The number of hydrogen-bond acceptors (Lipinski definition) is 4. The Morgan fingerprint density at radius 1 is 1.19 bits per heavy atom. The third kappa shape index (κ3) is 3.97. The molecule has 0 saturated heterocycles. The smallest absolute Gasteiger partial charge is 0.101 e. The number of allylic oxidation sites excluding steroid dienone is 1. The van der Waals surface area contributed by atoms with E-state index in [2.05, 4.69) is 22.2 Å². The Labute approximate surface area is 156 Å². The summed E-state index contributed by atoms with van der Waals surface area (Å²) in [6.45, 7) is 0.476. The molecule has 0 radical (unpaired) electrons. The molecule has 1 aromatic carbocycles. The molecule has 0 fully saturated rings. The molecule has 2 aromatic heterocycles. The standard InChI is InChI=1S/C20H14ClN5/c21-18-6-3-5-15(12-18)20-17(14-26(25-20)10-4-8-22)11-16(13-23)19-7-1-2-9-24-19/h1-3,5-7,9,11-12,14H,4,10H2/b16-11-. The molecule has 0 aliphatic heterocycles. The highest BCUT2D eigenvalue weighted by Crippen LogP contribution is 2.28. The van der Waals surface area contributed by atoms with Gasteiger partial charge in [-0.2, -0.15) is 15.6 Å². The van der Waals surface area contributed by atoms with E-state index in [4.69, 9.17) is 16.9 Å². The van der Waals surface area contributed by atoms with Crippen molar-refractivity contribution in [1.82, 2.24) is 14.8 Å². The maximum atomic E-state index is 9.54. The zero-order valence-corrected chi connectivity index (χ0v) is 14.6. The molecule has 0 spiro atoms. The van der Waals surface area contributed by atoms with Crippen LogP contribution < -0.4 is 0 Å². The minimum absolute atomic E-state index is 0.352. The van der Waals surface area contributed by atoms with Crippen LogP contribution in [0.1, 0.15) is 17.7 Å². The van der Waals surface area contributed by atoms with Crippen LogP contribution in [0.15, 0.2) is 54.9 Å². The first-order valence-electron chi connectivity index (χ1n) is 7.95. The van der Waals surface area contributed by atoms with E-state index in [0.29, 0.717) is 34.9 Å². The second-order valence-electron chi connectivity index (χ2n) is 5.50. The number of halogens is 1. The van der Waals surface area contributed by atoms with Gasteiger partial charge in [-0.25, -0.2) is 0 Å². The number of aryl methyl sites for hydroxylation is 1. The zero-order chi connectivity index (χ0) is 18.4. The second-order valence-corrected chi connectivity index (χ2v) is 5.94. The van der Waals surface area contributed by atoms with Crippen molar-refractivity contribution in [3.05, 3.63) is 71.1 Å². The average molecular weight is 360 g/mol. The largest absolute Gasteiger partial charge is 0.270 e. The Morgan fingerprint density at radius 3 is 2.77 bits per heavy atom. The van der Waals surface area contributed by atoms with Gasteiger partial charge >= 0.3 is 0 Å². The van der Waals surface area contributed by atoms with E-state index in [1.54, 1.807) is 35.2 Å². The minimum Gasteiger partial charge on any atom is -0.270 e. The SMILES string of the molecule is N#CCCn1cc(/C=C(/C#N)c2ccccn2)c(-c2cccc(Cl)c2)n1. The first kappa shape index (κ1) is 17.4. The monoisotopic (exact) mass is 359 g/mol. The number of nitriles is 2. The normalized spacial score (nSPS) is 11.0. The molecule has 126 valence electrons. The summed E-state index contributed by atoms with van der Waals surface area (Å²) in [4.78, 5) is 4.24. The molecule has 0 unspecified atom stereocenters. The highest BCUT2D eigenvalue weighted by molar-refractivity contribution is 6.30. The van der Waals surface area contributed by atoms with Crippen molar-refractivity contribution in [2.45, 2.75) is 13.0 Å². The first-order chi connectivity index (χ1) is 12.7. The maximum Gasteiger partial charge on any atom is 0.101 e. The van der Waals surface area contributed by atoms with Crippen molar-refractivity contribution in [2.24, 2.45) is 0 Å². The Kier molecular flexibility index (Phi) is 5.43. The fraction of sp³-hybridized carbons (Fsp3) is 0.100. The lowest BCUT2D eigenvalue weighted by molar-refractivity contribution is 0.629. The van der Waals surface area contributed by atoms with E-state index in [1.165, 1.54) is 0 Å². The van der Waals surface area contributed by atoms with Crippen molar-refractivity contribution in [3.8, 4) is 23.4 Å². The number of hydrogen-bond donors (Lipinski definition) is 0. The van der Waals surface area contributed by atoms with Crippen molar-refractivity contribution < 1.29 is 0 Å². The lowest BCUT2D eigenvalue weighted by Crippen LogP contribution is -1.97. The summed E-state index contributed by atoms with van der Waals surface area (Å²) in [5.41, 5.74) is 3.35. The van der Waals surface area contributed by atoms with Crippen LogP contribution in [0.2, 0.25) is 5.02 Å². The third-order valence-corrected chi connectivity index (χ3v) is 3.94. The van der Waals surface area contributed by atoms with Gasteiger partial charge in [-0.15, -0.1) is 0 Å². The number of nitrogens with zero attached hydrogens (tertiary/aromatic N) is 5. The highest BCUT2D eigenvalue weighted by Gasteiger charge is 2.12. The van der Waals surface area contributed by atoms with E-state index in [1.807, 2.05) is 30.5 Å². The average Bonchev–Trinajstić information content (AvgIpc) is 3.08. The van der Waals surface area contributed by atoms with Crippen molar-refractivity contribution >= 4 is 23.3 Å². The Balaban J connectivity index is 2.10. The van der Waals surface area contributed by atoms with Crippen molar-refractivity contribution in [3.63, 3.8) is 0 Å². The molecule has 0 atom stereocenters. The summed E-state index contributed by atoms with van der Waals surface area (Å²) in [6.07, 6.45) is 5.59. The topological polar surface area (TPSA) is 78.3 Å². The van der Waals surface area contributed by atoms with Crippen LogP contribution in [0.4, 0.5) is 0 Å². The lowest BCUT2D eigenvalue weighted by atomic mass is 10.0. The van der Waals surface area contributed by atoms with E-state index < -0.39 is 0 Å². The molecule has 0 aliphatic rings. The fourth-order valence-corrected chi connectivity index (χ4v) is 2.71. The molecule has 0 aliphatic carbocycles. The van der Waals surface area contributed by atoms with E-state index in [9.17, 15) is 5.26 Å². The van der Waals surface area contributed by atoms with Gasteiger partial charge in [0.2, 0.25) is 0 Å². The Hall–Kier alpha value is -3.41. The van der Waals surface area contributed by atoms with Crippen LogP contribution in [-0.2, 0) is 6.54 Å². The van der Waals surface area contributed by atoms with E-state index >= 15 is 0 Å². The van der Waals surface area contributed by atoms with Gasteiger partial charge < -0.3 is 0 Å². The fourth-order valence-electron chi connectivity index (χ4n) is 2.52. The molecule has 0 bridgehead atoms. The lowest BCUT2D eigenvalue weighted by Gasteiger charge is -2.01. The van der Waals surface area contributed by atoms with Crippen LogP contribution in [0.25, 0.3) is 22.9 Å². The minimum atomic E-state index is 0.352. The molecular formula is C20H14ClN5. The molecule has 0 N–H and O–H groups in total. The molecule has 3 rings (SSSR count). The van der Waals surface area contributed by atoms with Crippen LogP contribution in [0, 0.1) is 22.7 Å². The van der Waals surface area contributed by atoms with Gasteiger partial charge in [0, 0.05) is 28.5 Å². The number of aromatic nitrogens is 3. The Morgan fingerprint density at radius 2 is 2.08 bits per heavy atom. The molecule has 5 nitrogen and oxygen atoms in total. The summed E-state index contributed by atoms with van der Waals surface area (Å²) >= 11 is 6.11. The summed E-state index contributed by atoms with van der Waals surface area (Å²) in [7, 11) is 0. The molecular weight excluding hydrogens is 346 g/mol. The molecule has 3 aromatic rings. The van der Waals surface area contributed by atoms with Gasteiger partial charge in [-0.1, -0.05) is 29.8 Å². The van der Waals surface area contributed by atoms with E-state index in [-0.39, 0.29) is 0 Å². The van der Waals surface area contributed by atoms with Gasteiger partial charge in [0.25, 0.3) is 0 Å². The van der Waals surface area contributed by atoms with Crippen LogP contribution in [0.5, 0.6) is 0 Å². The van der Waals surface area contributed by atoms with Crippen LogP contribution in [0.3, 0.4) is 0 Å². The zero-order valence-electron chi connectivity index (χ0n) is 13.8. The molecule has 6 heteroatoms. The molecule has 26 heavy (non-hydrogen) atoms. The van der Waals surface area contributed by atoms with Crippen LogP contribution >= 0.6 is 11.6 Å². The molecule has 0 saturated carbocycles. The highest BCUT2D eigenvalue weighted by atomic mass is 35.5. The predicted octanol–water partition coefficient (Wildman–Crippen LogP) is 4.58. The number of rotatable bonds is 5. The van der Waals surface area contributed by atoms with Gasteiger partial charge in [0.05, 0.1) is 36.0 Å². The number of pyridine rings is 1. The van der Waals surface area contributed by atoms with E-state index in [0.717, 1.165) is 11.1 Å². The molecule has 0 amide bonds. The Bertz CT molecular complexity index is 1020. The van der Waals surface area contributed by atoms with Crippen molar-refractivity contribution in [2.75, 3.05) is 0 Å². The van der Waals surface area contributed by atoms with Crippen molar-refractivity contribution in [1.29, 1.82) is 10.5 Å². The third-order valence-electron chi connectivity index (χ3n) is 3.70. The molecule has 2 heterocycles. The number of benzene rings is 1. The summed E-state index contributed by atoms with van der Waals surface area (Å²) in [5.74, 6) is 0. The second kappa shape index (κ2) is 8.11.